The molecule has 21 heavy (non-hydrogen) atoms. The molecule has 0 radical (unpaired) electrons. The summed E-state index contributed by atoms with van der Waals surface area (Å²) in [6.07, 6.45) is 0.693. The standard InChI is InChI=1S/C17H17FN2O/c18-16-5-1-12(2-6-16)7-8-20-17(21)13-3-4-14-10-19-11-15(14)9-13/h1-6,9,19H,7-8,10-11H2,(H,20,21). The van der Waals surface area contributed by atoms with Crippen LogP contribution in [0.3, 0.4) is 0 Å². The van der Waals surface area contributed by atoms with Crippen LogP contribution in [0.5, 0.6) is 0 Å². The van der Waals surface area contributed by atoms with Gasteiger partial charge in [0, 0.05) is 25.2 Å². The minimum absolute atomic E-state index is 0.0631. The van der Waals surface area contributed by atoms with E-state index in [1.165, 1.54) is 23.3 Å². The second-order valence-corrected chi connectivity index (χ2v) is 5.22. The topological polar surface area (TPSA) is 41.1 Å². The molecule has 0 saturated heterocycles. The zero-order valence-electron chi connectivity index (χ0n) is 11.7. The minimum Gasteiger partial charge on any atom is -0.352 e. The maximum absolute atomic E-state index is 12.8. The van der Waals surface area contributed by atoms with Gasteiger partial charge < -0.3 is 10.6 Å². The third-order valence-corrected chi connectivity index (χ3v) is 3.71. The highest BCUT2D eigenvalue weighted by Crippen LogP contribution is 2.16. The quantitative estimate of drug-likeness (QED) is 0.905. The maximum Gasteiger partial charge on any atom is 0.251 e. The monoisotopic (exact) mass is 284 g/mol. The normalized spacial score (nSPS) is 13.0. The van der Waals surface area contributed by atoms with E-state index in [-0.39, 0.29) is 11.7 Å². The Hall–Kier alpha value is -2.20. The lowest BCUT2D eigenvalue weighted by atomic mass is 10.1. The molecule has 2 aromatic carbocycles. The van der Waals surface area contributed by atoms with Gasteiger partial charge in [0.05, 0.1) is 0 Å². The van der Waals surface area contributed by atoms with Crippen LogP contribution >= 0.6 is 0 Å². The molecule has 2 aromatic rings. The van der Waals surface area contributed by atoms with Crippen LogP contribution in [-0.2, 0) is 19.5 Å². The molecular formula is C17H17FN2O. The molecule has 0 aliphatic carbocycles. The van der Waals surface area contributed by atoms with Gasteiger partial charge in [0.2, 0.25) is 0 Å². The number of fused-ring (bicyclic) bond motifs is 1. The number of amides is 1. The average Bonchev–Trinajstić information content (AvgIpc) is 2.96. The summed E-state index contributed by atoms with van der Waals surface area (Å²) in [6, 6.07) is 12.2. The number of carbonyl (C=O) groups is 1. The van der Waals surface area contributed by atoms with Crippen LogP contribution in [0.2, 0.25) is 0 Å². The van der Waals surface area contributed by atoms with E-state index in [2.05, 4.69) is 10.6 Å². The largest absolute Gasteiger partial charge is 0.352 e. The second kappa shape index (κ2) is 6.06. The van der Waals surface area contributed by atoms with E-state index in [4.69, 9.17) is 0 Å². The van der Waals surface area contributed by atoms with Crippen LogP contribution in [0.1, 0.15) is 27.0 Å². The van der Waals surface area contributed by atoms with E-state index in [9.17, 15) is 9.18 Å². The fourth-order valence-corrected chi connectivity index (χ4v) is 2.51. The highest BCUT2D eigenvalue weighted by molar-refractivity contribution is 5.94. The van der Waals surface area contributed by atoms with Gasteiger partial charge in [-0.1, -0.05) is 18.2 Å². The molecule has 0 bridgehead atoms. The molecule has 2 N–H and O–H groups in total. The molecule has 0 aromatic heterocycles. The Morgan fingerprint density at radius 1 is 1.10 bits per heavy atom. The average molecular weight is 284 g/mol. The number of hydrogen-bond donors (Lipinski definition) is 2. The molecule has 1 heterocycles. The summed E-state index contributed by atoms with van der Waals surface area (Å²) in [5.74, 6) is -0.304. The van der Waals surface area contributed by atoms with E-state index in [1.807, 2.05) is 18.2 Å². The van der Waals surface area contributed by atoms with E-state index >= 15 is 0 Å². The summed E-state index contributed by atoms with van der Waals surface area (Å²) >= 11 is 0. The summed E-state index contributed by atoms with van der Waals surface area (Å²) in [7, 11) is 0. The Morgan fingerprint density at radius 3 is 2.67 bits per heavy atom. The molecule has 108 valence electrons. The Bertz CT molecular complexity index is 652. The zero-order valence-corrected chi connectivity index (χ0v) is 11.7. The number of nitrogens with one attached hydrogen (secondary N) is 2. The third kappa shape index (κ3) is 3.28. The summed E-state index contributed by atoms with van der Waals surface area (Å²) in [6.45, 7) is 2.24. The molecule has 1 aliphatic heterocycles. The van der Waals surface area contributed by atoms with Gasteiger partial charge in [-0.15, -0.1) is 0 Å². The van der Waals surface area contributed by atoms with Gasteiger partial charge >= 0.3 is 0 Å². The number of hydrogen-bond acceptors (Lipinski definition) is 2. The maximum atomic E-state index is 12.8. The van der Waals surface area contributed by atoms with Crippen molar-refractivity contribution in [3.05, 3.63) is 70.5 Å². The molecule has 0 fully saturated rings. The van der Waals surface area contributed by atoms with E-state index in [0.29, 0.717) is 18.5 Å². The second-order valence-electron chi connectivity index (χ2n) is 5.22. The molecule has 4 heteroatoms. The molecule has 0 saturated carbocycles. The smallest absolute Gasteiger partial charge is 0.251 e. The van der Waals surface area contributed by atoms with Crippen molar-refractivity contribution in [1.29, 1.82) is 0 Å². The van der Waals surface area contributed by atoms with Crippen LogP contribution < -0.4 is 10.6 Å². The van der Waals surface area contributed by atoms with Gasteiger partial charge in [-0.05, 0) is 47.4 Å². The number of halogens is 1. The predicted molar refractivity (Wildman–Crippen MR) is 79.4 cm³/mol. The van der Waals surface area contributed by atoms with Crippen LogP contribution in [0.25, 0.3) is 0 Å². The van der Waals surface area contributed by atoms with E-state index in [0.717, 1.165) is 18.7 Å². The van der Waals surface area contributed by atoms with E-state index in [1.54, 1.807) is 12.1 Å². The van der Waals surface area contributed by atoms with Gasteiger partial charge in [-0.25, -0.2) is 4.39 Å². The van der Waals surface area contributed by atoms with Crippen molar-refractivity contribution in [3.63, 3.8) is 0 Å². The molecule has 0 unspecified atom stereocenters. The first kappa shape index (κ1) is 13.8. The van der Waals surface area contributed by atoms with Crippen molar-refractivity contribution in [2.45, 2.75) is 19.5 Å². The fraction of sp³-hybridized carbons (Fsp3) is 0.235. The lowest BCUT2D eigenvalue weighted by Gasteiger charge is -2.07. The summed E-state index contributed by atoms with van der Waals surface area (Å²) in [5.41, 5.74) is 4.16. The highest BCUT2D eigenvalue weighted by Gasteiger charge is 2.13. The third-order valence-electron chi connectivity index (χ3n) is 3.71. The highest BCUT2D eigenvalue weighted by atomic mass is 19.1. The van der Waals surface area contributed by atoms with Crippen molar-refractivity contribution in [2.24, 2.45) is 0 Å². The van der Waals surface area contributed by atoms with Crippen molar-refractivity contribution >= 4 is 5.91 Å². The molecule has 0 spiro atoms. The van der Waals surface area contributed by atoms with Crippen LogP contribution in [-0.4, -0.2) is 12.5 Å². The molecule has 3 nitrogen and oxygen atoms in total. The Labute approximate surface area is 123 Å². The Kier molecular flexibility index (Phi) is 3.97. The molecule has 0 atom stereocenters. The van der Waals surface area contributed by atoms with Crippen molar-refractivity contribution in [2.75, 3.05) is 6.54 Å². The summed E-state index contributed by atoms with van der Waals surface area (Å²) < 4.78 is 12.8. The zero-order chi connectivity index (χ0) is 14.7. The van der Waals surface area contributed by atoms with Gasteiger partial charge in [0.15, 0.2) is 0 Å². The van der Waals surface area contributed by atoms with Crippen molar-refractivity contribution in [3.8, 4) is 0 Å². The van der Waals surface area contributed by atoms with Gasteiger partial charge in [-0.3, -0.25) is 4.79 Å². The van der Waals surface area contributed by atoms with Crippen LogP contribution in [0.15, 0.2) is 42.5 Å². The predicted octanol–water partition coefficient (Wildman–Crippen LogP) is 2.40. The Morgan fingerprint density at radius 2 is 1.86 bits per heavy atom. The minimum atomic E-state index is -0.241. The van der Waals surface area contributed by atoms with Crippen molar-refractivity contribution < 1.29 is 9.18 Å². The summed E-state index contributed by atoms with van der Waals surface area (Å²) in [5, 5.41) is 6.16. The molecule has 1 aliphatic rings. The first-order valence-electron chi connectivity index (χ1n) is 7.07. The SMILES string of the molecule is O=C(NCCc1ccc(F)cc1)c1ccc2c(c1)CNC2. The first-order valence-corrected chi connectivity index (χ1v) is 7.07. The lowest BCUT2D eigenvalue weighted by Crippen LogP contribution is -2.25. The number of rotatable bonds is 4. The van der Waals surface area contributed by atoms with Gasteiger partial charge in [0.1, 0.15) is 5.82 Å². The fourth-order valence-electron chi connectivity index (χ4n) is 2.51. The van der Waals surface area contributed by atoms with Gasteiger partial charge in [0.25, 0.3) is 5.91 Å². The molecule has 3 rings (SSSR count). The summed E-state index contributed by atoms with van der Waals surface area (Å²) in [4.78, 5) is 12.1. The molecular weight excluding hydrogens is 267 g/mol. The van der Waals surface area contributed by atoms with Crippen LogP contribution in [0.4, 0.5) is 4.39 Å². The Balaban J connectivity index is 1.55. The van der Waals surface area contributed by atoms with Crippen LogP contribution in [0, 0.1) is 5.82 Å². The van der Waals surface area contributed by atoms with Crippen molar-refractivity contribution in [1.82, 2.24) is 10.6 Å². The first-order chi connectivity index (χ1) is 10.2. The molecule has 1 amide bonds. The number of benzene rings is 2. The van der Waals surface area contributed by atoms with E-state index < -0.39 is 0 Å². The van der Waals surface area contributed by atoms with Gasteiger partial charge in [-0.2, -0.15) is 0 Å². The number of carbonyl (C=O) groups excluding carboxylic acids is 1. The lowest BCUT2D eigenvalue weighted by molar-refractivity contribution is 0.0954.